The van der Waals surface area contributed by atoms with E-state index in [-0.39, 0.29) is 6.03 Å². The normalized spacial score (nSPS) is 21.7. The zero-order valence-corrected chi connectivity index (χ0v) is 11.3. The standard InChI is InChI=1S/C15H18N2O3/c18-14(19)13-9-11-5-1-2-6-12(11)10-17(13)15(20)16-7-3-4-8-16/h1-2,5-6,13H,3-4,7-10H2,(H,18,19)/t13-/m0/s1. The van der Waals surface area contributed by atoms with Crippen LogP contribution in [0.1, 0.15) is 24.0 Å². The maximum Gasteiger partial charge on any atom is 0.326 e. The highest BCUT2D eigenvalue weighted by Gasteiger charge is 2.36. The summed E-state index contributed by atoms with van der Waals surface area (Å²) < 4.78 is 0. The average Bonchev–Trinajstić information content (AvgIpc) is 2.99. The second kappa shape index (κ2) is 5.15. The van der Waals surface area contributed by atoms with Crippen LogP contribution in [0.15, 0.2) is 24.3 Å². The van der Waals surface area contributed by atoms with Gasteiger partial charge in [0.2, 0.25) is 0 Å². The molecule has 106 valence electrons. The number of hydrogen-bond donors (Lipinski definition) is 1. The maximum atomic E-state index is 12.5. The van der Waals surface area contributed by atoms with E-state index in [4.69, 9.17) is 0 Å². The zero-order chi connectivity index (χ0) is 14.1. The highest BCUT2D eigenvalue weighted by molar-refractivity contribution is 5.83. The molecule has 0 aliphatic carbocycles. The largest absolute Gasteiger partial charge is 0.480 e. The number of fused-ring (bicyclic) bond motifs is 1. The van der Waals surface area contributed by atoms with E-state index in [0.29, 0.717) is 13.0 Å². The van der Waals surface area contributed by atoms with Crippen molar-refractivity contribution >= 4 is 12.0 Å². The van der Waals surface area contributed by atoms with Gasteiger partial charge in [-0.15, -0.1) is 0 Å². The molecule has 0 unspecified atom stereocenters. The Hall–Kier alpha value is -2.04. The Morgan fingerprint density at radius 3 is 2.40 bits per heavy atom. The summed E-state index contributed by atoms with van der Waals surface area (Å²) in [6.45, 7) is 1.87. The summed E-state index contributed by atoms with van der Waals surface area (Å²) in [6, 6.07) is 6.87. The van der Waals surface area contributed by atoms with Crippen LogP contribution in [0.2, 0.25) is 0 Å². The smallest absolute Gasteiger partial charge is 0.326 e. The van der Waals surface area contributed by atoms with Gasteiger partial charge in [0.25, 0.3) is 0 Å². The molecule has 1 aromatic carbocycles. The molecule has 1 aromatic rings. The summed E-state index contributed by atoms with van der Waals surface area (Å²) in [6.07, 6.45) is 2.41. The van der Waals surface area contributed by atoms with Crippen LogP contribution >= 0.6 is 0 Å². The monoisotopic (exact) mass is 274 g/mol. The molecule has 2 aliphatic rings. The Labute approximate surface area is 117 Å². The van der Waals surface area contributed by atoms with Crippen LogP contribution < -0.4 is 0 Å². The Balaban J connectivity index is 1.88. The molecule has 1 atom stereocenters. The zero-order valence-electron chi connectivity index (χ0n) is 11.3. The third-order valence-corrected chi connectivity index (χ3v) is 4.16. The summed E-state index contributed by atoms with van der Waals surface area (Å²) in [5.41, 5.74) is 2.09. The van der Waals surface area contributed by atoms with E-state index in [2.05, 4.69) is 0 Å². The Kier molecular flexibility index (Phi) is 3.34. The van der Waals surface area contributed by atoms with E-state index in [1.54, 1.807) is 4.90 Å². The van der Waals surface area contributed by atoms with Crippen LogP contribution in [-0.4, -0.2) is 46.0 Å². The number of nitrogens with zero attached hydrogens (tertiary/aromatic N) is 2. The first-order valence-electron chi connectivity index (χ1n) is 7.02. The molecule has 1 N–H and O–H groups in total. The molecule has 0 bridgehead atoms. The summed E-state index contributed by atoms with van der Waals surface area (Å²) in [7, 11) is 0. The molecule has 5 heteroatoms. The number of carbonyl (C=O) groups excluding carboxylic acids is 1. The minimum atomic E-state index is -0.924. The predicted octanol–water partition coefficient (Wildman–Crippen LogP) is 1.71. The SMILES string of the molecule is O=C(O)[C@@H]1Cc2ccccc2CN1C(=O)N1CCCC1. The van der Waals surface area contributed by atoms with E-state index in [1.165, 1.54) is 4.90 Å². The lowest BCUT2D eigenvalue weighted by atomic mass is 9.94. The fourth-order valence-corrected chi connectivity index (χ4v) is 3.03. The average molecular weight is 274 g/mol. The topological polar surface area (TPSA) is 60.9 Å². The van der Waals surface area contributed by atoms with Gasteiger partial charge in [0.15, 0.2) is 0 Å². The lowest BCUT2D eigenvalue weighted by molar-refractivity contribution is -0.142. The Morgan fingerprint density at radius 2 is 1.75 bits per heavy atom. The van der Waals surface area contributed by atoms with Crippen molar-refractivity contribution < 1.29 is 14.7 Å². The predicted molar refractivity (Wildman–Crippen MR) is 73.3 cm³/mol. The van der Waals surface area contributed by atoms with E-state index in [1.807, 2.05) is 24.3 Å². The molecule has 0 saturated carbocycles. The summed E-state index contributed by atoms with van der Waals surface area (Å²) >= 11 is 0. The van der Waals surface area contributed by atoms with Crippen molar-refractivity contribution in [2.24, 2.45) is 0 Å². The molecular formula is C15H18N2O3. The number of urea groups is 1. The number of benzene rings is 1. The highest BCUT2D eigenvalue weighted by atomic mass is 16.4. The first-order chi connectivity index (χ1) is 9.66. The second-order valence-corrected chi connectivity index (χ2v) is 5.43. The quantitative estimate of drug-likeness (QED) is 0.848. The lowest BCUT2D eigenvalue weighted by Crippen LogP contribution is -2.52. The van der Waals surface area contributed by atoms with Gasteiger partial charge in [-0.1, -0.05) is 24.3 Å². The summed E-state index contributed by atoms with van der Waals surface area (Å²) in [5, 5.41) is 9.41. The number of carboxylic acids is 1. The molecular weight excluding hydrogens is 256 g/mol. The molecule has 2 aliphatic heterocycles. The first kappa shape index (κ1) is 13.0. The summed E-state index contributed by atoms with van der Waals surface area (Å²) in [5.74, 6) is -0.924. The van der Waals surface area contributed by atoms with Crippen LogP contribution in [0.4, 0.5) is 4.79 Å². The van der Waals surface area contributed by atoms with Gasteiger partial charge in [0, 0.05) is 26.1 Å². The van der Waals surface area contributed by atoms with Crippen LogP contribution in [0.25, 0.3) is 0 Å². The fraction of sp³-hybridized carbons (Fsp3) is 0.467. The Morgan fingerprint density at radius 1 is 1.10 bits per heavy atom. The molecule has 1 fully saturated rings. The van der Waals surface area contributed by atoms with Crippen molar-refractivity contribution in [1.82, 2.24) is 9.80 Å². The molecule has 0 aromatic heterocycles. The van der Waals surface area contributed by atoms with Gasteiger partial charge in [0.1, 0.15) is 6.04 Å². The van der Waals surface area contributed by atoms with Crippen LogP contribution in [0, 0.1) is 0 Å². The van der Waals surface area contributed by atoms with Crippen molar-refractivity contribution in [3.63, 3.8) is 0 Å². The van der Waals surface area contributed by atoms with E-state index < -0.39 is 12.0 Å². The molecule has 5 nitrogen and oxygen atoms in total. The third kappa shape index (κ3) is 2.24. The van der Waals surface area contributed by atoms with Crippen molar-refractivity contribution in [1.29, 1.82) is 0 Å². The minimum Gasteiger partial charge on any atom is -0.480 e. The first-order valence-corrected chi connectivity index (χ1v) is 7.02. The number of amides is 2. The highest BCUT2D eigenvalue weighted by Crippen LogP contribution is 2.25. The molecule has 3 rings (SSSR count). The molecule has 0 radical (unpaired) electrons. The van der Waals surface area contributed by atoms with Gasteiger partial charge in [-0.05, 0) is 24.0 Å². The minimum absolute atomic E-state index is 0.135. The van der Waals surface area contributed by atoms with Crippen LogP contribution in [0.3, 0.4) is 0 Å². The van der Waals surface area contributed by atoms with E-state index in [0.717, 1.165) is 37.1 Å². The van der Waals surface area contributed by atoms with Gasteiger partial charge in [-0.25, -0.2) is 9.59 Å². The fourth-order valence-electron chi connectivity index (χ4n) is 3.03. The van der Waals surface area contributed by atoms with Gasteiger partial charge >= 0.3 is 12.0 Å². The number of rotatable bonds is 1. The second-order valence-electron chi connectivity index (χ2n) is 5.43. The molecule has 0 spiro atoms. The van der Waals surface area contributed by atoms with E-state index >= 15 is 0 Å². The number of aliphatic carboxylic acids is 1. The van der Waals surface area contributed by atoms with Crippen LogP contribution in [0.5, 0.6) is 0 Å². The third-order valence-electron chi connectivity index (χ3n) is 4.16. The number of likely N-dealkylation sites (tertiary alicyclic amines) is 1. The van der Waals surface area contributed by atoms with Gasteiger partial charge < -0.3 is 14.9 Å². The van der Waals surface area contributed by atoms with Crippen molar-refractivity contribution in [2.75, 3.05) is 13.1 Å². The van der Waals surface area contributed by atoms with Crippen molar-refractivity contribution in [3.8, 4) is 0 Å². The molecule has 2 amide bonds. The van der Waals surface area contributed by atoms with Crippen molar-refractivity contribution in [3.05, 3.63) is 35.4 Å². The molecule has 1 saturated heterocycles. The Bertz CT molecular complexity index is 538. The van der Waals surface area contributed by atoms with Gasteiger partial charge in [0.05, 0.1) is 0 Å². The van der Waals surface area contributed by atoms with Gasteiger partial charge in [-0.2, -0.15) is 0 Å². The molecule has 2 heterocycles. The summed E-state index contributed by atoms with van der Waals surface area (Å²) in [4.78, 5) is 27.3. The number of carbonyl (C=O) groups is 2. The van der Waals surface area contributed by atoms with Crippen molar-refractivity contribution in [2.45, 2.75) is 31.8 Å². The van der Waals surface area contributed by atoms with Crippen LogP contribution in [-0.2, 0) is 17.8 Å². The maximum absolute atomic E-state index is 12.5. The number of hydrogen-bond acceptors (Lipinski definition) is 2. The lowest BCUT2D eigenvalue weighted by Gasteiger charge is -2.36. The number of carboxylic acid groups (broad SMARTS) is 1. The molecule has 20 heavy (non-hydrogen) atoms. The van der Waals surface area contributed by atoms with E-state index in [9.17, 15) is 14.7 Å². The van der Waals surface area contributed by atoms with Gasteiger partial charge in [-0.3, -0.25) is 0 Å².